The Bertz CT molecular complexity index is 702. The van der Waals surface area contributed by atoms with Crippen LogP contribution in [0.1, 0.15) is 18.4 Å². The third kappa shape index (κ3) is 8.22. The van der Waals surface area contributed by atoms with Crippen LogP contribution in [0.5, 0.6) is 0 Å². The van der Waals surface area contributed by atoms with Gasteiger partial charge in [0.25, 0.3) is 0 Å². The van der Waals surface area contributed by atoms with Gasteiger partial charge in [-0.05, 0) is 49.7 Å². The summed E-state index contributed by atoms with van der Waals surface area (Å²) in [5.41, 5.74) is 8.63. The van der Waals surface area contributed by atoms with E-state index >= 15 is 0 Å². The maximum absolute atomic E-state index is 11.8. The van der Waals surface area contributed by atoms with Gasteiger partial charge in [0, 0.05) is 29.4 Å². The number of rotatable bonds is 6. The van der Waals surface area contributed by atoms with Crippen LogP contribution in [0.15, 0.2) is 53.5 Å². The second-order valence-electron chi connectivity index (χ2n) is 5.42. The average molecular weight is 473 g/mol. The van der Waals surface area contributed by atoms with E-state index in [1.807, 2.05) is 31.2 Å². The molecule has 0 heterocycles. The number of amides is 1. The Morgan fingerprint density at radius 2 is 1.60 bits per heavy atom. The van der Waals surface area contributed by atoms with Crippen LogP contribution in [-0.2, 0) is 4.79 Å². The molecule has 7 heteroatoms. The molecule has 0 saturated carbocycles. The molecule has 0 aromatic heterocycles. The van der Waals surface area contributed by atoms with Crippen molar-refractivity contribution in [3.8, 4) is 0 Å². The lowest BCUT2D eigenvalue weighted by Crippen LogP contribution is -2.23. The summed E-state index contributed by atoms with van der Waals surface area (Å²) < 4.78 is 0. The molecule has 134 valence electrons. The van der Waals surface area contributed by atoms with E-state index in [2.05, 4.69) is 15.6 Å². The fourth-order valence-electron chi connectivity index (χ4n) is 2.02. The molecular formula is C18H22ClIN4O. The molecule has 4 N–H and O–H groups in total. The Hall–Kier alpha value is -1.80. The molecule has 0 bridgehead atoms. The van der Waals surface area contributed by atoms with Gasteiger partial charge in [-0.3, -0.25) is 9.79 Å². The number of hydrogen-bond donors (Lipinski definition) is 3. The minimum Gasteiger partial charge on any atom is -0.370 e. The first kappa shape index (κ1) is 21.2. The smallest absolute Gasteiger partial charge is 0.224 e. The third-order valence-corrected chi connectivity index (χ3v) is 3.55. The van der Waals surface area contributed by atoms with E-state index in [0.717, 1.165) is 11.4 Å². The Labute approximate surface area is 170 Å². The van der Waals surface area contributed by atoms with Crippen molar-refractivity contribution in [3.63, 3.8) is 0 Å². The molecule has 0 fully saturated rings. The molecule has 1 amide bonds. The number of aliphatic imine (C=N–C) groups is 1. The van der Waals surface area contributed by atoms with Crippen LogP contribution in [0.2, 0.25) is 5.02 Å². The minimum absolute atomic E-state index is 0. The van der Waals surface area contributed by atoms with Crippen LogP contribution in [0.4, 0.5) is 11.4 Å². The number of carbonyl (C=O) groups is 1. The first-order chi connectivity index (χ1) is 11.5. The van der Waals surface area contributed by atoms with E-state index in [9.17, 15) is 4.79 Å². The first-order valence-electron chi connectivity index (χ1n) is 7.72. The average Bonchev–Trinajstić information content (AvgIpc) is 2.56. The fraction of sp³-hybridized carbons (Fsp3) is 0.222. The predicted octanol–water partition coefficient (Wildman–Crippen LogP) is 4.41. The number of hydrogen-bond acceptors (Lipinski definition) is 2. The summed E-state index contributed by atoms with van der Waals surface area (Å²) in [4.78, 5) is 16.0. The highest BCUT2D eigenvalue weighted by atomic mass is 127. The number of halogens is 2. The number of benzene rings is 2. The van der Waals surface area contributed by atoms with Crippen molar-refractivity contribution >= 4 is 58.8 Å². The maximum atomic E-state index is 11.8. The van der Waals surface area contributed by atoms with Gasteiger partial charge >= 0.3 is 0 Å². The Morgan fingerprint density at radius 1 is 1.04 bits per heavy atom. The molecule has 0 aliphatic rings. The Kier molecular flexibility index (Phi) is 9.30. The molecule has 0 saturated heterocycles. The number of guanidine groups is 1. The molecular weight excluding hydrogens is 451 g/mol. The molecule has 2 rings (SSSR count). The molecule has 0 aliphatic heterocycles. The molecule has 0 aliphatic carbocycles. The van der Waals surface area contributed by atoms with Crippen molar-refractivity contribution < 1.29 is 4.79 Å². The SMILES string of the molecule is Cc1ccc(NC(N)=NCCCC(=O)Nc2ccc(Cl)cc2)cc1.I. The molecule has 2 aromatic rings. The van der Waals surface area contributed by atoms with Crippen LogP contribution >= 0.6 is 35.6 Å². The minimum atomic E-state index is -0.0578. The highest BCUT2D eigenvalue weighted by Gasteiger charge is 2.02. The molecule has 5 nitrogen and oxygen atoms in total. The van der Waals surface area contributed by atoms with Gasteiger partial charge in [0.2, 0.25) is 5.91 Å². The van der Waals surface area contributed by atoms with Crippen molar-refractivity contribution in [1.82, 2.24) is 0 Å². The molecule has 0 radical (unpaired) electrons. The van der Waals surface area contributed by atoms with Gasteiger partial charge in [-0.15, -0.1) is 24.0 Å². The molecule has 25 heavy (non-hydrogen) atoms. The summed E-state index contributed by atoms with van der Waals surface area (Å²) in [6.07, 6.45) is 1.000. The third-order valence-electron chi connectivity index (χ3n) is 3.30. The maximum Gasteiger partial charge on any atom is 0.224 e. The second kappa shape index (κ2) is 10.9. The normalized spacial score (nSPS) is 10.7. The van der Waals surface area contributed by atoms with Gasteiger partial charge < -0.3 is 16.4 Å². The summed E-state index contributed by atoms with van der Waals surface area (Å²) >= 11 is 5.80. The van der Waals surface area contributed by atoms with Crippen molar-refractivity contribution in [2.45, 2.75) is 19.8 Å². The van der Waals surface area contributed by atoms with Crippen molar-refractivity contribution in [3.05, 3.63) is 59.1 Å². The van der Waals surface area contributed by atoms with Crippen molar-refractivity contribution in [1.29, 1.82) is 0 Å². The lowest BCUT2D eigenvalue weighted by Gasteiger charge is -2.06. The van der Waals surface area contributed by atoms with Crippen LogP contribution in [-0.4, -0.2) is 18.4 Å². The number of nitrogens with zero attached hydrogens (tertiary/aromatic N) is 1. The van der Waals surface area contributed by atoms with Gasteiger partial charge in [-0.2, -0.15) is 0 Å². The van der Waals surface area contributed by atoms with Gasteiger partial charge in [-0.25, -0.2) is 0 Å². The summed E-state index contributed by atoms with van der Waals surface area (Å²) in [5, 5.41) is 6.46. The first-order valence-corrected chi connectivity index (χ1v) is 8.10. The second-order valence-corrected chi connectivity index (χ2v) is 5.85. The Balaban J connectivity index is 0.00000312. The number of nitrogens with two attached hydrogens (primary N) is 1. The lowest BCUT2D eigenvalue weighted by atomic mass is 10.2. The van der Waals surface area contributed by atoms with Gasteiger partial charge in [0.05, 0.1) is 0 Å². The zero-order valence-electron chi connectivity index (χ0n) is 14.0. The van der Waals surface area contributed by atoms with Gasteiger partial charge in [0.15, 0.2) is 5.96 Å². The summed E-state index contributed by atoms with van der Waals surface area (Å²) in [7, 11) is 0. The van der Waals surface area contributed by atoms with E-state index in [1.165, 1.54) is 5.56 Å². The number of nitrogens with one attached hydrogen (secondary N) is 2. The van der Waals surface area contributed by atoms with Crippen molar-refractivity contribution in [2.24, 2.45) is 10.7 Å². The monoisotopic (exact) mass is 472 g/mol. The summed E-state index contributed by atoms with van der Waals surface area (Å²) in [6, 6.07) is 14.9. The summed E-state index contributed by atoms with van der Waals surface area (Å²) in [5.74, 6) is 0.287. The van der Waals surface area contributed by atoms with E-state index in [1.54, 1.807) is 24.3 Å². The molecule has 0 spiro atoms. The standard InChI is InChI=1S/C18H21ClN4O.HI/c1-13-4-8-16(9-5-13)23-18(20)21-12-2-3-17(24)22-15-10-6-14(19)7-11-15;/h4-11H,2-3,12H2,1H3,(H,22,24)(H3,20,21,23);1H. The summed E-state index contributed by atoms with van der Waals surface area (Å²) in [6.45, 7) is 2.51. The molecule has 2 aromatic carbocycles. The van der Waals surface area contributed by atoms with E-state index in [4.69, 9.17) is 17.3 Å². The van der Waals surface area contributed by atoms with Crippen LogP contribution < -0.4 is 16.4 Å². The largest absolute Gasteiger partial charge is 0.370 e. The van der Waals surface area contributed by atoms with Crippen LogP contribution in [0, 0.1) is 6.92 Å². The zero-order valence-corrected chi connectivity index (χ0v) is 17.0. The Morgan fingerprint density at radius 3 is 2.24 bits per heavy atom. The quantitative estimate of drug-likeness (QED) is 0.252. The topological polar surface area (TPSA) is 79.5 Å². The van der Waals surface area contributed by atoms with Gasteiger partial charge in [-0.1, -0.05) is 29.3 Å². The van der Waals surface area contributed by atoms with E-state index < -0.39 is 0 Å². The molecule has 0 atom stereocenters. The highest BCUT2D eigenvalue weighted by Crippen LogP contribution is 2.13. The fourth-order valence-corrected chi connectivity index (χ4v) is 2.15. The van der Waals surface area contributed by atoms with Crippen molar-refractivity contribution in [2.75, 3.05) is 17.2 Å². The molecule has 0 unspecified atom stereocenters. The number of carbonyl (C=O) groups excluding carboxylic acids is 1. The number of aryl methyl sites for hydroxylation is 1. The lowest BCUT2D eigenvalue weighted by molar-refractivity contribution is -0.116. The van der Waals surface area contributed by atoms with Crippen LogP contribution in [0.3, 0.4) is 0 Å². The number of anilines is 2. The zero-order chi connectivity index (χ0) is 17.4. The predicted molar refractivity (Wildman–Crippen MR) is 116 cm³/mol. The van der Waals surface area contributed by atoms with Gasteiger partial charge in [0.1, 0.15) is 0 Å². The van der Waals surface area contributed by atoms with E-state index in [0.29, 0.717) is 30.4 Å². The van der Waals surface area contributed by atoms with Crippen LogP contribution in [0.25, 0.3) is 0 Å². The van der Waals surface area contributed by atoms with E-state index in [-0.39, 0.29) is 29.9 Å². The highest BCUT2D eigenvalue weighted by molar-refractivity contribution is 14.0.